The minimum Gasteiger partial charge on any atom is -0.369 e. The number of halogens is 1. The van der Waals surface area contributed by atoms with Crippen molar-refractivity contribution in [1.82, 2.24) is 20.1 Å². The molecule has 1 fully saturated rings. The molecule has 1 unspecified atom stereocenters. The van der Waals surface area contributed by atoms with Crippen molar-refractivity contribution < 1.29 is 4.74 Å². The number of likely N-dealkylation sites (N-methyl/N-ethyl adjacent to an activating group) is 1. The van der Waals surface area contributed by atoms with E-state index in [-0.39, 0.29) is 6.10 Å². The highest BCUT2D eigenvalue weighted by Gasteiger charge is 2.27. The maximum Gasteiger partial charge on any atom is 0.112 e. The molecule has 0 amide bonds. The first-order valence-electron chi connectivity index (χ1n) is 8.85. The molecule has 0 spiro atoms. The maximum absolute atomic E-state index is 6.08. The van der Waals surface area contributed by atoms with Gasteiger partial charge in [0, 0.05) is 41.6 Å². The molecule has 4 rings (SSSR count). The van der Waals surface area contributed by atoms with Crippen LogP contribution in [0.3, 0.4) is 0 Å². The second kappa shape index (κ2) is 7.58. The van der Waals surface area contributed by atoms with E-state index in [0.29, 0.717) is 5.02 Å². The SMILES string of the molecule is CCN1CCOC(c2[nH]nc(-c3ccc(Cl)cc3)c2-c2ccncc2)C1. The van der Waals surface area contributed by atoms with Crippen LogP contribution in [0.25, 0.3) is 22.4 Å². The topological polar surface area (TPSA) is 54.0 Å². The van der Waals surface area contributed by atoms with Gasteiger partial charge in [0.1, 0.15) is 11.8 Å². The fourth-order valence-corrected chi connectivity index (χ4v) is 3.51. The van der Waals surface area contributed by atoms with Crippen LogP contribution >= 0.6 is 11.6 Å². The third kappa shape index (κ3) is 3.38. The van der Waals surface area contributed by atoms with Gasteiger partial charge < -0.3 is 4.74 Å². The summed E-state index contributed by atoms with van der Waals surface area (Å²) in [7, 11) is 0. The Morgan fingerprint density at radius 3 is 2.65 bits per heavy atom. The molecule has 1 aromatic carbocycles. The number of nitrogens with zero attached hydrogens (tertiary/aromatic N) is 3. The van der Waals surface area contributed by atoms with Crippen molar-refractivity contribution in [2.24, 2.45) is 0 Å². The molecule has 3 aromatic rings. The summed E-state index contributed by atoms with van der Waals surface area (Å²) >= 11 is 6.05. The lowest BCUT2D eigenvalue weighted by Crippen LogP contribution is -2.38. The van der Waals surface area contributed by atoms with Crippen LogP contribution in [0.1, 0.15) is 18.7 Å². The predicted molar refractivity (Wildman–Crippen MR) is 103 cm³/mol. The number of morpholine rings is 1. The van der Waals surface area contributed by atoms with Crippen LogP contribution in [0.2, 0.25) is 5.02 Å². The number of aromatic nitrogens is 3. The van der Waals surface area contributed by atoms with Gasteiger partial charge in [-0.05, 0) is 36.4 Å². The lowest BCUT2D eigenvalue weighted by molar-refractivity contribution is -0.0300. The molecule has 26 heavy (non-hydrogen) atoms. The molecule has 2 aromatic heterocycles. The van der Waals surface area contributed by atoms with E-state index in [9.17, 15) is 0 Å². The van der Waals surface area contributed by atoms with E-state index < -0.39 is 0 Å². The van der Waals surface area contributed by atoms with Crippen LogP contribution in [0.5, 0.6) is 0 Å². The van der Waals surface area contributed by atoms with Gasteiger partial charge in [0.15, 0.2) is 0 Å². The summed E-state index contributed by atoms with van der Waals surface area (Å²) in [6.07, 6.45) is 3.58. The van der Waals surface area contributed by atoms with Crippen molar-refractivity contribution in [2.75, 3.05) is 26.2 Å². The first-order valence-corrected chi connectivity index (χ1v) is 9.22. The molecule has 1 atom stereocenters. The second-order valence-corrected chi connectivity index (χ2v) is 6.79. The van der Waals surface area contributed by atoms with E-state index >= 15 is 0 Å². The van der Waals surface area contributed by atoms with Gasteiger partial charge >= 0.3 is 0 Å². The number of ether oxygens (including phenoxy) is 1. The monoisotopic (exact) mass is 368 g/mol. The highest BCUT2D eigenvalue weighted by molar-refractivity contribution is 6.30. The normalized spacial score (nSPS) is 18.2. The largest absolute Gasteiger partial charge is 0.369 e. The number of hydrogen-bond acceptors (Lipinski definition) is 4. The quantitative estimate of drug-likeness (QED) is 0.750. The Morgan fingerprint density at radius 1 is 1.15 bits per heavy atom. The molecule has 1 aliphatic rings. The Labute approximate surface area is 158 Å². The smallest absolute Gasteiger partial charge is 0.112 e. The molecule has 0 bridgehead atoms. The Balaban J connectivity index is 1.81. The van der Waals surface area contributed by atoms with Gasteiger partial charge in [0.2, 0.25) is 0 Å². The molecule has 1 saturated heterocycles. The van der Waals surface area contributed by atoms with Crippen molar-refractivity contribution in [2.45, 2.75) is 13.0 Å². The molecule has 0 saturated carbocycles. The molecule has 134 valence electrons. The van der Waals surface area contributed by atoms with Crippen molar-refractivity contribution >= 4 is 11.6 Å². The Morgan fingerprint density at radius 2 is 1.92 bits per heavy atom. The molecule has 3 heterocycles. The number of rotatable bonds is 4. The van der Waals surface area contributed by atoms with Gasteiger partial charge in [-0.15, -0.1) is 0 Å². The van der Waals surface area contributed by atoms with E-state index in [4.69, 9.17) is 16.3 Å². The summed E-state index contributed by atoms with van der Waals surface area (Å²) in [6.45, 7) is 5.75. The van der Waals surface area contributed by atoms with Crippen LogP contribution in [0, 0.1) is 0 Å². The number of H-pyrrole nitrogens is 1. The van der Waals surface area contributed by atoms with Crippen LogP contribution in [-0.4, -0.2) is 46.3 Å². The highest BCUT2D eigenvalue weighted by Crippen LogP contribution is 2.37. The van der Waals surface area contributed by atoms with Crippen LogP contribution in [0.15, 0.2) is 48.8 Å². The fraction of sp³-hybridized carbons (Fsp3) is 0.300. The van der Waals surface area contributed by atoms with Crippen molar-refractivity contribution in [3.63, 3.8) is 0 Å². The summed E-state index contributed by atoms with van der Waals surface area (Å²) in [6, 6.07) is 11.8. The van der Waals surface area contributed by atoms with Gasteiger partial charge in [-0.1, -0.05) is 30.7 Å². The minimum absolute atomic E-state index is 0.0274. The minimum atomic E-state index is -0.0274. The highest BCUT2D eigenvalue weighted by atomic mass is 35.5. The van der Waals surface area contributed by atoms with Crippen LogP contribution in [-0.2, 0) is 4.74 Å². The Kier molecular flexibility index (Phi) is 5.02. The fourth-order valence-electron chi connectivity index (χ4n) is 3.38. The van der Waals surface area contributed by atoms with Gasteiger partial charge in [-0.25, -0.2) is 0 Å². The van der Waals surface area contributed by atoms with Crippen LogP contribution < -0.4 is 0 Å². The summed E-state index contributed by atoms with van der Waals surface area (Å²) < 4.78 is 6.08. The number of hydrogen-bond donors (Lipinski definition) is 1. The average molecular weight is 369 g/mol. The number of nitrogens with one attached hydrogen (secondary N) is 1. The first kappa shape index (κ1) is 17.2. The van der Waals surface area contributed by atoms with E-state index in [0.717, 1.165) is 54.3 Å². The first-order chi connectivity index (χ1) is 12.8. The zero-order valence-electron chi connectivity index (χ0n) is 14.7. The molecule has 6 heteroatoms. The van der Waals surface area contributed by atoms with Crippen LogP contribution in [0.4, 0.5) is 0 Å². The maximum atomic E-state index is 6.08. The zero-order valence-corrected chi connectivity index (χ0v) is 15.4. The average Bonchev–Trinajstić information content (AvgIpc) is 3.14. The summed E-state index contributed by atoms with van der Waals surface area (Å²) in [5.41, 5.74) is 5.08. The van der Waals surface area contributed by atoms with Crippen molar-refractivity contribution in [3.05, 3.63) is 59.5 Å². The van der Waals surface area contributed by atoms with E-state index in [1.54, 1.807) is 12.4 Å². The van der Waals surface area contributed by atoms with Gasteiger partial charge in [-0.3, -0.25) is 15.0 Å². The third-order valence-electron chi connectivity index (χ3n) is 4.80. The summed E-state index contributed by atoms with van der Waals surface area (Å²) in [4.78, 5) is 6.55. The number of pyridine rings is 1. The third-order valence-corrected chi connectivity index (χ3v) is 5.05. The van der Waals surface area contributed by atoms with Gasteiger partial charge in [0.25, 0.3) is 0 Å². The lowest BCUT2D eigenvalue weighted by Gasteiger charge is -2.32. The Hall–Kier alpha value is -2.21. The van der Waals surface area contributed by atoms with Crippen molar-refractivity contribution in [3.8, 4) is 22.4 Å². The molecule has 1 aliphatic heterocycles. The van der Waals surface area contributed by atoms with E-state index in [1.165, 1.54) is 0 Å². The van der Waals surface area contributed by atoms with Crippen molar-refractivity contribution in [1.29, 1.82) is 0 Å². The standard InChI is InChI=1S/C20H21ClN4O/c1-2-25-11-12-26-17(13-25)20-18(14-7-9-22-10-8-14)19(23-24-20)15-3-5-16(21)6-4-15/h3-10,17H,2,11-13H2,1H3,(H,23,24). The zero-order chi connectivity index (χ0) is 17.9. The number of benzene rings is 1. The molecule has 1 N–H and O–H groups in total. The summed E-state index contributed by atoms with van der Waals surface area (Å²) in [5, 5.41) is 8.59. The predicted octanol–water partition coefficient (Wildman–Crippen LogP) is 4.19. The molecular weight excluding hydrogens is 348 g/mol. The molecular formula is C20H21ClN4O. The summed E-state index contributed by atoms with van der Waals surface area (Å²) in [5.74, 6) is 0. The molecule has 5 nitrogen and oxygen atoms in total. The number of aromatic amines is 1. The Bertz CT molecular complexity index is 863. The lowest BCUT2D eigenvalue weighted by atomic mass is 9.97. The molecule has 0 aliphatic carbocycles. The molecule has 0 radical (unpaired) electrons. The van der Waals surface area contributed by atoms with Gasteiger partial charge in [-0.2, -0.15) is 5.10 Å². The van der Waals surface area contributed by atoms with Gasteiger partial charge in [0.05, 0.1) is 12.3 Å². The van der Waals surface area contributed by atoms with E-state index in [2.05, 4.69) is 27.0 Å². The van der Waals surface area contributed by atoms with E-state index in [1.807, 2.05) is 36.4 Å². The second-order valence-electron chi connectivity index (χ2n) is 6.36.